The second kappa shape index (κ2) is 7.76. The topological polar surface area (TPSA) is 47.6 Å². The van der Waals surface area contributed by atoms with Gasteiger partial charge in [0.25, 0.3) is 0 Å². The van der Waals surface area contributed by atoms with Gasteiger partial charge in [-0.2, -0.15) is 0 Å². The number of hydrogen-bond donors (Lipinski definition) is 1. The number of benzene rings is 3. The minimum Gasteiger partial charge on any atom is -0.497 e. The molecular weight excluding hydrogens is 410 g/mol. The first-order valence-electron chi connectivity index (χ1n) is 10.8. The summed E-state index contributed by atoms with van der Waals surface area (Å²) in [5.41, 5.74) is 1.81. The van der Waals surface area contributed by atoms with Gasteiger partial charge in [-0.25, -0.2) is 0 Å². The SMILES string of the molecule is COc1ccc2cc([C@H](C)C(=O)N[C@@H]3CC4(CCC4)Oc4ccc(Cl)cc43)ccc2c1. The van der Waals surface area contributed by atoms with Crippen LogP contribution in [0.15, 0.2) is 54.6 Å². The van der Waals surface area contributed by atoms with Gasteiger partial charge in [-0.3, -0.25) is 4.79 Å². The van der Waals surface area contributed by atoms with E-state index in [1.165, 1.54) is 6.42 Å². The Labute approximate surface area is 187 Å². The fourth-order valence-electron chi connectivity index (χ4n) is 4.73. The highest BCUT2D eigenvalue weighted by atomic mass is 35.5. The van der Waals surface area contributed by atoms with Gasteiger partial charge in [-0.05, 0) is 72.9 Å². The van der Waals surface area contributed by atoms with Gasteiger partial charge in [0.1, 0.15) is 17.1 Å². The Hall–Kier alpha value is -2.72. The van der Waals surface area contributed by atoms with Crippen molar-refractivity contribution in [1.29, 1.82) is 0 Å². The average molecular weight is 436 g/mol. The molecule has 1 aliphatic carbocycles. The molecule has 1 saturated carbocycles. The molecule has 0 bridgehead atoms. The molecule has 2 atom stereocenters. The summed E-state index contributed by atoms with van der Waals surface area (Å²) in [7, 11) is 1.66. The van der Waals surface area contributed by atoms with E-state index in [-0.39, 0.29) is 23.5 Å². The molecule has 5 rings (SSSR count). The van der Waals surface area contributed by atoms with Crippen molar-refractivity contribution in [2.75, 3.05) is 7.11 Å². The lowest BCUT2D eigenvalue weighted by molar-refractivity contribution is -0.124. The second-order valence-electron chi connectivity index (χ2n) is 8.78. The van der Waals surface area contributed by atoms with Gasteiger partial charge in [0, 0.05) is 17.0 Å². The molecule has 160 valence electrons. The summed E-state index contributed by atoms with van der Waals surface area (Å²) < 4.78 is 11.6. The van der Waals surface area contributed by atoms with E-state index in [9.17, 15) is 4.79 Å². The number of methoxy groups -OCH3 is 1. The molecule has 0 saturated heterocycles. The zero-order valence-electron chi connectivity index (χ0n) is 17.8. The minimum absolute atomic E-state index is 0.0140. The van der Waals surface area contributed by atoms with Crippen LogP contribution in [0.4, 0.5) is 0 Å². The van der Waals surface area contributed by atoms with Crippen molar-refractivity contribution in [3.63, 3.8) is 0 Å². The third-order valence-corrected chi connectivity index (χ3v) is 7.03. The molecule has 3 aromatic carbocycles. The van der Waals surface area contributed by atoms with Gasteiger partial charge in [0.05, 0.1) is 19.1 Å². The van der Waals surface area contributed by atoms with Gasteiger partial charge in [-0.15, -0.1) is 0 Å². The van der Waals surface area contributed by atoms with Crippen LogP contribution in [-0.2, 0) is 4.79 Å². The number of ether oxygens (including phenoxy) is 2. The van der Waals surface area contributed by atoms with E-state index >= 15 is 0 Å². The van der Waals surface area contributed by atoms with Crippen LogP contribution < -0.4 is 14.8 Å². The molecule has 3 aromatic rings. The van der Waals surface area contributed by atoms with E-state index in [4.69, 9.17) is 21.1 Å². The van der Waals surface area contributed by atoms with E-state index in [1.807, 2.05) is 55.5 Å². The fraction of sp³-hybridized carbons (Fsp3) is 0.346. The molecule has 31 heavy (non-hydrogen) atoms. The molecule has 1 spiro atoms. The molecule has 4 nitrogen and oxygen atoms in total. The highest BCUT2D eigenvalue weighted by molar-refractivity contribution is 6.30. The molecular formula is C26H26ClNO3. The third-order valence-electron chi connectivity index (χ3n) is 6.80. The van der Waals surface area contributed by atoms with E-state index in [2.05, 4.69) is 11.4 Å². The Morgan fingerprint density at radius 1 is 1.13 bits per heavy atom. The van der Waals surface area contributed by atoms with E-state index in [0.717, 1.165) is 52.7 Å². The summed E-state index contributed by atoms with van der Waals surface area (Å²) in [6, 6.07) is 17.7. The summed E-state index contributed by atoms with van der Waals surface area (Å²) in [6.07, 6.45) is 4.02. The smallest absolute Gasteiger partial charge is 0.227 e. The molecule has 2 aliphatic rings. The van der Waals surface area contributed by atoms with E-state index in [1.54, 1.807) is 7.11 Å². The standard InChI is InChI=1S/C26H26ClNO3/c1-16(17-4-5-19-13-21(30-2)8-6-18(19)12-17)25(29)28-23-15-26(10-3-11-26)31-24-9-7-20(27)14-22(23)24/h4-9,12-14,16,23H,3,10-11,15H2,1-2H3,(H,28,29)/t16-,23+/m0/s1. The summed E-state index contributed by atoms with van der Waals surface area (Å²) in [6.45, 7) is 1.96. The average Bonchev–Trinajstić information content (AvgIpc) is 2.76. The van der Waals surface area contributed by atoms with Crippen LogP contribution in [0.1, 0.15) is 55.7 Å². The normalized spacial score (nSPS) is 19.8. The maximum Gasteiger partial charge on any atom is 0.227 e. The maximum absolute atomic E-state index is 13.3. The molecule has 0 radical (unpaired) electrons. The molecule has 0 aromatic heterocycles. The van der Waals surface area contributed by atoms with Crippen molar-refractivity contribution >= 4 is 28.3 Å². The largest absolute Gasteiger partial charge is 0.497 e. The Morgan fingerprint density at radius 2 is 1.90 bits per heavy atom. The summed E-state index contributed by atoms with van der Waals surface area (Å²) >= 11 is 6.26. The Balaban J connectivity index is 1.39. The number of amides is 1. The molecule has 1 N–H and O–H groups in total. The van der Waals surface area contributed by atoms with Crippen molar-refractivity contribution in [2.45, 2.75) is 50.2 Å². The lowest BCUT2D eigenvalue weighted by Crippen LogP contribution is -2.50. The molecule has 1 fully saturated rings. The van der Waals surface area contributed by atoms with Gasteiger partial charge >= 0.3 is 0 Å². The van der Waals surface area contributed by atoms with Gasteiger partial charge in [-0.1, -0.05) is 35.9 Å². The van der Waals surface area contributed by atoms with Crippen LogP contribution in [-0.4, -0.2) is 18.6 Å². The van der Waals surface area contributed by atoms with Crippen LogP contribution in [0.5, 0.6) is 11.5 Å². The first-order valence-corrected chi connectivity index (χ1v) is 11.2. The molecule has 1 aliphatic heterocycles. The van der Waals surface area contributed by atoms with Crippen LogP contribution in [0.3, 0.4) is 0 Å². The Morgan fingerprint density at radius 3 is 2.65 bits per heavy atom. The van der Waals surface area contributed by atoms with Gasteiger partial charge in [0.15, 0.2) is 0 Å². The number of hydrogen-bond acceptors (Lipinski definition) is 3. The Kier molecular flexibility index (Phi) is 5.05. The van der Waals surface area contributed by atoms with E-state index in [0.29, 0.717) is 5.02 Å². The van der Waals surface area contributed by atoms with Crippen LogP contribution >= 0.6 is 11.6 Å². The first kappa shape index (κ1) is 20.2. The van der Waals surface area contributed by atoms with Crippen molar-refractivity contribution in [1.82, 2.24) is 5.32 Å². The lowest BCUT2D eigenvalue weighted by Gasteiger charge is -2.48. The summed E-state index contributed by atoms with van der Waals surface area (Å²) in [5, 5.41) is 6.13. The zero-order valence-corrected chi connectivity index (χ0v) is 18.5. The quantitative estimate of drug-likeness (QED) is 0.533. The third kappa shape index (κ3) is 3.74. The number of carbonyl (C=O) groups excluding carboxylic acids is 1. The monoisotopic (exact) mass is 435 g/mol. The second-order valence-corrected chi connectivity index (χ2v) is 9.22. The maximum atomic E-state index is 13.3. The van der Waals surface area contributed by atoms with Crippen molar-refractivity contribution in [2.24, 2.45) is 0 Å². The van der Waals surface area contributed by atoms with Crippen LogP contribution in [0.2, 0.25) is 5.02 Å². The zero-order chi connectivity index (χ0) is 21.6. The van der Waals surface area contributed by atoms with Gasteiger partial charge in [0.2, 0.25) is 5.91 Å². The minimum atomic E-state index is -0.269. The number of carbonyl (C=O) groups is 1. The first-order chi connectivity index (χ1) is 15.0. The number of nitrogens with one attached hydrogen (secondary N) is 1. The van der Waals surface area contributed by atoms with Crippen molar-refractivity contribution in [3.8, 4) is 11.5 Å². The molecule has 1 heterocycles. The molecule has 5 heteroatoms. The van der Waals surface area contributed by atoms with Crippen molar-refractivity contribution < 1.29 is 14.3 Å². The van der Waals surface area contributed by atoms with Gasteiger partial charge < -0.3 is 14.8 Å². The Bertz CT molecular complexity index is 1150. The van der Waals surface area contributed by atoms with Crippen LogP contribution in [0.25, 0.3) is 10.8 Å². The summed E-state index contributed by atoms with van der Waals surface area (Å²) in [4.78, 5) is 13.3. The number of rotatable bonds is 4. The highest BCUT2D eigenvalue weighted by Crippen LogP contribution is 2.49. The number of fused-ring (bicyclic) bond motifs is 2. The highest BCUT2D eigenvalue weighted by Gasteiger charge is 2.46. The number of halogens is 1. The van der Waals surface area contributed by atoms with Crippen LogP contribution in [0, 0.1) is 0 Å². The van der Waals surface area contributed by atoms with E-state index < -0.39 is 0 Å². The predicted octanol–water partition coefficient (Wildman–Crippen LogP) is 6.17. The fourth-order valence-corrected chi connectivity index (χ4v) is 4.91. The molecule has 0 unspecified atom stereocenters. The predicted molar refractivity (Wildman–Crippen MR) is 123 cm³/mol. The molecule has 1 amide bonds. The lowest BCUT2D eigenvalue weighted by atomic mass is 9.73. The summed E-state index contributed by atoms with van der Waals surface area (Å²) in [5.74, 6) is 1.41. The van der Waals surface area contributed by atoms with Crippen molar-refractivity contribution in [3.05, 3.63) is 70.7 Å².